The molecule has 29 heavy (non-hydrogen) atoms. The molecule has 4 aromatic rings. The first-order valence-corrected chi connectivity index (χ1v) is 9.52. The Hall–Kier alpha value is -3.66. The second-order valence-electron chi connectivity index (χ2n) is 7.29. The molecule has 4 nitrogen and oxygen atoms in total. The lowest BCUT2D eigenvalue weighted by atomic mass is 9.85. The molecule has 5 rings (SSSR count). The van der Waals surface area contributed by atoms with Crippen molar-refractivity contribution in [2.24, 2.45) is 0 Å². The minimum atomic E-state index is -0.830. The van der Waals surface area contributed by atoms with Crippen molar-refractivity contribution in [3.05, 3.63) is 112 Å². The van der Waals surface area contributed by atoms with Crippen LogP contribution >= 0.6 is 0 Å². The van der Waals surface area contributed by atoms with Gasteiger partial charge in [0.1, 0.15) is 11.3 Å². The number of Topliss-reactive ketones (excluding diaryl/α,β-unsaturated/α-hetero) is 1. The van der Waals surface area contributed by atoms with E-state index in [-0.39, 0.29) is 5.78 Å². The minimum Gasteiger partial charge on any atom is -0.480 e. The van der Waals surface area contributed by atoms with Crippen molar-refractivity contribution in [2.75, 3.05) is 0 Å². The fourth-order valence-corrected chi connectivity index (χ4v) is 3.96. The van der Waals surface area contributed by atoms with Crippen LogP contribution in [0.2, 0.25) is 0 Å². The summed E-state index contributed by atoms with van der Waals surface area (Å²) in [6.45, 7) is 2.00. The Morgan fingerprint density at radius 1 is 0.862 bits per heavy atom. The van der Waals surface area contributed by atoms with Crippen molar-refractivity contribution in [1.29, 1.82) is 0 Å². The number of hydrogen-bond acceptors (Lipinski definition) is 4. The number of para-hydroxylation sites is 1. The lowest BCUT2D eigenvalue weighted by molar-refractivity contribution is 0.0808. The van der Waals surface area contributed by atoms with Crippen LogP contribution in [0.3, 0.4) is 0 Å². The van der Waals surface area contributed by atoms with E-state index < -0.39 is 17.6 Å². The zero-order valence-corrected chi connectivity index (χ0v) is 15.8. The van der Waals surface area contributed by atoms with Gasteiger partial charge in [-0.2, -0.15) is 0 Å². The standard InChI is InChI=1S/C25H18O4/c1-15-11-13-16(14-12-15)20-21-23(18-9-5-6-10-19(18)28-25(21)27)29-24(20)22(26)17-7-3-2-4-8-17/h2-14,20,24H,1H3/t20-,24-/m0/s1. The Morgan fingerprint density at radius 3 is 2.31 bits per heavy atom. The Morgan fingerprint density at radius 2 is 1.55 bits per heavy atom. The predicted octanol–water partition coefficient (Wildman–Crippen LogP) is 4.88. The second-order valence-corrected chi connectivity index (χ2v) is 7.29. The highest BCUT2D eigenvalue weighted by molar-refractivity contribution is 6.02. The number of aryl methyl sites for hydroxylation is 1. The molecule has 2 heterocycles. The number of ketones is 1. The molecular formula is C25H18O4. The Balaban J connectivity index is 1.73. The Labute approximate surface area is 167 Å². The van der Waals surface area contributed by atoms with E-state index in [1.807, 2.05) is 61.5 Å². The van der Waals surface area contributed by atoms with Gasteiger partial charge >= 0.3 is 5.63 Å². The van der Waals surface area contributed by atoms with Gasteiger partial charge in [-0.3, -0.25) is 4.79 Å². The molecule has 0 fully saturated rings. The molecule has 1 aromatic heterocycles. The van der Waals surface area contributed by atoms with Crippen LogP contribution in [-0.2, 0) is 0 Å². The van der Waals surface area contributed by atoms with Crippen LogP contribution in [-0.4, -0.2) is 11.9 Å². The van der Waals surface area contributed by atoms with E-state index in [1.54, 1.807) is 24.3 Å². The second kappa shape index (κ2) is 6.74. The van der Waals surface area contributed by atoms with Crippen molar-refractivity contribution in [1.82, 2.24) is 0 Å². The molecule has 0 saturated heterocycles. The van der Waals surface area contributed by atoms with Gasteiger partial charge in [0.15, 0.2) is 6.10 Å². The molecule has 0 aliphatic carbocycles. The molecular weight excluding hydrogens is 364 g/mol. The monoisotopic (exact) mass is 382 g/mol. The van der Waals surface area contributed by atoms with Crippen molar-refractivity contribution in [3.63, 3.8) is 0 Å². The highest BCUT2D eigenvalue weighted by Gasteiger charge is 2.44. The van der Waals surface area contributed by atoms with Crippen LogP contribution in [0.15, 0.2) is 88.1 Å². The number of hydrogen-bond donors (Lipinski definition) is 0. The quantitative estimate of drug-likeness (QED) is 0.374. The van der Waals surface area contributed by atoms with Crippen LogP contribution < -0.4 is 10.4 Å². The molecule has 0 bridgehead atoms. The third-order valence-corrected chi connectivity index (χ3v) is 5.41. The molecule has 0 amide bonds. The number of ether oxygens (including phenoxy) is 1. The first kappa shape index (κ1) is 17.4. The van der Waals surface area contributed by atoms with Crippen LogP contribution in [0, 0.1) is 6.92 Å². The molecule has 142 valence electrons. The van der Waals surface area contributed by atoms with Gasteiger partial charge in [0.05, 0.1) is 16.9 Å². The topological polar surface area (TPSA) is 56.5 Å². The molecule has 2 atom stereocenters. The molecule has 1 aliphatic rings. The lowest BCUT2D eigenvalue weighted by Crippen LogP contribution is -2.31. The van der Waals surface area contributed by atoms with Gasteiger partial charge in [-0.25, -0.2) is 4.79 Å². The van der Waals surface area contributed by atoms with E-state index in [9.17, 15) is 9.59 Å². The van der Waals surface area contributed by atoms with Crippen LogP contribution in [0.5, 0.6) is 5.75 Å². The van der Waals surface area contributed by atoms with E-state index >= 15 is 0 Å². The summed E-state index contributed by atoms with van der Waals surface area (Å²) in [6.07, 6.45) is -0.830. The van der Waals surface area contributed by atoms with Gasteiger partial charge in [0.25, 0.3) is 0 Å². The molecule has 4 heteroatoms. The fraction of sp³-hybridized carbons (Fsp3) is 0.120. The molecule has 0 saturated carbocycles. The van der Waals surface area contributed by atoms with Crippen LogP contribution in [0.4, 0.5) is 0 Å². The smallest absolute Gasteiger partial charge is 0.344 e. The van der Waals surface area contributed by atoms with Gasteiger partial charge in [-0.05, 0) is 24.6 Å². The minimum absolute atomic E-state index is 0.157. The highest BCUT2D eigenvalue weighted by atomic mass is 16.5. The summed E-state index contributed by atoms with van der Waals surface area (Å²) >= 11 is 0. The normalized spacial score (nSPS) is 17.7. The zero-order chi connectivity index (χ0) is 20.0. The van der Waals surface area contributed by atoms with Crippen molar-refractivity contribution in [3.8, 4) is 5.75 Å². The third-order valence-electron chi connectivity index (χ3n) is 5.41. The summed E-state index contributed by atoms with van der Waals surface area (Å²) in [5.41, 5.74) is 2.90. The molecule has 0 N–H and O–H groups in total. The van der Waals surface area contributed by atoms with Gasteiger partial charge < -0.3 is 9.15 Å². The summed E-state index contributed by atoms with van der Waals surface area (Å²) in [5, 5.41) is 0.697. The highest BCUT2D eigenvalue weighted by Crippen LogP contribution is 2.45. The average molecular weight is 382 g/mol. The van der Waals surface area contributed by atoms with Crippen LogP contribution in [0.1, 0.15) is 33.0 Å². The Bertz CT molecular complexity index is 1270. The summed E-state index contributed by atoms with van der Waals surface area (Å²) in [6, 6.07) is 24.1. The molecule has 0 spiro atoms. The first-order chi connectivity index (χ1) is 14.1. The summed E-state index contributed by atoms with van der Waals surface area (Å²) in [5.74, 6) is -0.244. The maximum Gasteiger partial charge on any atom is 0.344 e. The van der Waals surface area contributed by atoms with E-state index in [0.717, 1.165) is 11.1 Å². The molecule has 3 aromatic carbocycles. The molecule has 0 unspecified atom stereocenters. The third kappa shape index (κ3) is 2.85. The van der Waals surface area contributed by atoms with E-state index in [0.29, 0.717) is 27.8 Å². The first-order valence-electron chi connectivity index (χ1n) is 9.52. The van der Waals surface area contributed by atoms with Crippen molar-refractivity contribution in [2.45, 2.75) is 18.9 Å². The number of carbonyl (C=O) groups is 1. The summed E-state index contributed by atoms with van der Waals surface area (Å²) < 4.78 is 11.8. The molecule has 0 radical (unpaired) electrons. The number of benzene rings is 3. The lowest BCUT2D eigenvalue weighted by Gasteiger charge is -2.18. The van der Waals surface area contributed by atoms with E-state index in [4.69, 9.17) is 9.15 Å². The van der Waals surface area contributed by atoms with Gasteiger partial charge in [-0.15, -0.1) is 0 Å². The molecule has 1 aliphatic heterocycles. The SMILES string of the molecule is Cc1ccc([C@H]2c3c(c4ccccc4oc3=O)O[C@@H]2C(=O)c2ccccc2)cc1. The average Bonchev–Trinajstić information content (AvgIpc) is 3.16. The number of carbonyl (C=O) groups excluding carboxylic acids is 1. The maximum atomic E-state index is 13.4. The summed E-state index contributed by atoms with van der Waals surface area (Å²) in [7, 11) is 0. The van der Waals surface area contributed by atoms with Gasteiger partial charge in [0, 0.05) is 5.56 Å². The fourth-order valence-electron chi connectivity index (χ4n) is 3.96. The van der Waals surface area contributed by atoms with E-state index in [2.05, 4.69) is 0 Å². The van der Waals surface area contributed by atoms with Gasteiger partial charge in [-0.1, -0.05) is 72.3 Å². The van der Waals surface area contributed by atoms with Crippen molar-refractivity contribution >= 4 is 16.8 Å². The van der Waals surface area contributed by atoms with Crippen LogP contribution in [0.25, 0.3) is 11.0 Å². The van der Waals surface area contributed by atoms with Crippen molar-refractivity contribution < 1.29 is 13.9 Å². The maximum absolute atomic E-state index is 13.4. The predicted molar refractivity (Wildman–Crippen MR) is 111 cm³/mol. The van der Waals surface area contributed by atoms with E-state index in [1.165, 1.54) is 0 Å². The Kier molecular flexibility index (Phi) is 4.06. The zero-order valence-electron chi connectivity index (χ0n) is 15.8. The van der Waals surface area contributed by atoms with Gasteiger partial charge in [0.2, 0.25) is 5.78 Å². The summed E-state index contributed by atoms with van der Waals surface area (Å²) in [4.78, 5) is 26.3. The number of fused-ring (bicyclic) bond motifs is 3. The largest absolute Gasteiger partial charge is 0.480 e. The number of rotatable bonds is 3.